The van der Waals surface area contributed by atoms with Gasteiger partial charge in [0.05, 0.1) is 7.11 Å². The molecular weight excluding hydrogens is 301 g/mol. The van der Waals surface area contributed by atoms with Crippen molar-refractivity contribution < 1.29 is 22.7 Å². The van der Waals surface area contributed by atoms with E-state index in [1.807, 2.05) is 0 Å². The highest BCUT2D eigenvalue weighted by molar-refractivity contribution is 9.10. The first kappa shape index (κ1) is 13.8. The Labute approximate surface area is 104 Å². The average Bonchev–Trinajstić information content (AvgIpc) is 2.25. The Morgan fingerprint density at radius 2 is 1.82 bits per heavy atom. The molecule has 1 aromatic carbocycles. The Bertz CT molecular complexity index is 435. The van der Waals surface area contributed by atoms with Gasteiger partial charge in [-0.15, -0.1) is 0 Å². The molecular formula is C11H8BrF3O2. The molecule has 0 amide bonds. The fourth-order valence-electron chi connectivity index (χ4n) is 1.08. The minimum atomic E-state index is -4.89. The summed E-state index contributed by atoms with van der Waals surface area (Å²) in [6.07, 6.45) is -4.46. The van der Waals surface area contributed by atoms with Crippen LogP contribution in [0.2, 0.25) is 0 Å². The van der Waals surface area contributed by atoms with E-state index in [2.05, 4.69) is 15.9 Å². The van der Waals surface area contributed by atoms with Gasteiger partial charge in [0.25, 0.3) is 5.78 Å². The minimum Gasteiger partial charge on any atom is -0.496 e. The standard InChI is InChI=1S/C11H8BrF3O2/c1-17-9(6-10(16)11(13,14)15)7-2-4-8(12)5-3-7/h2-6H,1H3/b9-6-. The maximum absolute atomic E-state index is 12.1. The second-order valence-electron chi connectivity index (χ2n) is 3.08. The number of ketones is 1. The molecule has 0 aliphatic carbocycles. The highest BCUT2D eigenvalue weighted by Crippen LogP contribution is 2.22. The van der Waals surface area contributed by atoms with Crippen molar-refractivity contribution in [1.82, 2.24) is 0 Å². The number of carbonyl (C=O) groups excluding carboxylic acids is 1. The van der Waals surface area contributed by atoms with E-state index in [9.17, 15) is 18.0 Å². The summed E-state index contributed by atoms with van der Waals surface area (Å²) in [6.45, 7) is 0. The quantitative estimate of drug-likeness (QED) is 0.630. The van der Waals surface area contributed by atoms with Crippen LogP contribution in [0, 0.1) is 0 Å². The van der Waals surface area contributed by atoms with Gasteiger partial charge in [-0.05, 0) is 12.1 Å². The number of halogens is 4. The molecule has 6 heteroatoms. The summed E-state index contributed by atoms with van der Waals surface area (Å²) >= 11 is 3.19. The summed E-state index contributed by atoms with van der Waals surface area (Å²) in [6, 6.07) is 6.37. The monoisotopic (exact) mass is 308 g/mol. The Balaban J connectivity index is 3.04. The molecule has 1 rings (SSSR count). The van der Waals surface area contributed by atoms with E-state index in [-0.39, 0.29) is 5.76 Å². The second-order valence-corrected chi connectivity index (χ2v) is 4.00. The molecule has 0 fully saturated rings. The fraction of sp³-hybridized carbons (Fsp3) is 0.182. The van der Waals surface area contributed by atoms with Crippen LogP contribution in [0.25, 0.3) is 5.76 Å². The van der Waals surface area contributed by atoms with Gasteiger partial charge >= 0.3 is 6.18 Å². The number of methoxy groups -OCH3 is 1. The Morgan fingerprint density at radius 1 is 1.29 bits per heavy atom. The number of benzene rings is 1. The lowest BCUT2D eigenvalue weighted by molar-refractivity contribution is -0.165. The first-order chi connectivity index (χ1) is 7.84. The van der Waals surface area contributed by atoms with Crippen molar-refractivity contribution in [3.63, 3.8) is 0 Å². The number of ether oxygens (including phenoxy) is 1. The SMILES string of the molecule is CO/C(=C\C(=O)C(F)(F)F)c1ccc(Br)cc1. The molecule has 0 heterocycles. The van der Waals surface area contributed by atoms with E-state index in [1.54, 1.807) is 24.3 Å². The lowest BCUT2D eigenvalue weighted by Gasteiger charge is -2.07. The first-order valence-electron chi connectivity index (χ1n) is 4.47. The number of hydrogen-bond donors (Lipinski definition) is 0. The maximum Gasteiger partial charge on any atom is 0.454 e. The third-order valence-corrected chi connectivity index (χ3v) is 2.42. The van der Waals surface area contributed by atoms with Gasteiger partial charge in [-0.2, -0.15) is 13.2 Å². The predicted octanol–water partition coefficient (Wildman–Crippen LogP) is 3.57. The molecule has 0 N–H and O–H groups in total. The molecule has 0 aliphatic rings. The minimum absolute atomic E-state index is 0.125. The van der Waals surface area contributed by atoms with Gasteiger partial charge in [-0.1, -0.05) is 28.1 Å². The summed E-state index contributed by atoms with van der Waals surface area (Å²) in [5, 5.41) is 0. The van der Waals surface area contributed by atoms with Crippen LogP contribution < -0.4 is 0 Å². The molecule has 0 atom stereocenters. The van der Waals surface area contributed by atoms with Crippen molar-refractivity contribution in [2.45, 2.75) is 6.18 Å². The summed E-state index contributed by atoms with van der Waals surface area (Å²) in [5.74, 6) is -2.07. The topological polar surface area (TPSA) is 26.3 Å². The summed E-state index contributed by atoms with van der Waals surface area (Å²) in [4.78, 5) is 10.8. The average molecular weight is 309 g/mol. The largest absolute Gasteiger partial charge is 0.496 e. The van der Waals surface area contributed by atoms with Gasteiger partial charge in [-0.25, -0.2) is 0 Å². The highest BCUT2D eigenvalue weighted by Gasteiger charge is 2.37. The summed E-state index contributed by atoms with van der Waals surface area (Å²) < 4.78 is 41.7. The highest BCUT2D eigenvalue weighted by atomic mass is 79.9. The van der Waals surface area contributed by atoms with E-state index in [1.165, 1.54) is 7.11 Å². The van der Waals surface area contributed by atoms with E-state index in [0.717, 1.165) is 4.47 Å². The van der Waals surface area contributed by atoms with Gasteiger partial charge in [-0.3, -0.25) is 4.79 Å². The van der Waals surface area contributed by atoms with E-state index in [0.29, 0.717) is 11.6 Å². The molecule has 1 aromatic rings. The first-order valence-corrected chi connectivity index (χ1v) is 5.26. The number of alkyl halides is 3. The van der Waals surface area contributed by atoms with Crippen LogP contribution in [0.3, 0.4) is 0 Å². The number of carbonyl (C=O) groups is 1. The molecule has 0 aliphatic heterocycles. The number of allylic oxidation sites excluding steroid dienone is 1. The number of hydrogen-bond acceptors (Lipinski definition) is 2. The van der Waals surface area contributed by atoms with Crippen LogP contribution in [0.1, 0.15) is 5.56 Å². The van der Waals surface area contributed by atoms with Crippen molar-refractivity contribution in [3.8, 4) is 0 Å². The number of rotatable bonds is 3. The van der Waals surface area contributed by atoms with Crippen LogP contribution in [0.15, 0.2) is 34.8 Å². The van der Waals surface area contributed by atoms with Gasteiger partial charge in [0.2, 0.25) is 0 Å². The van der Waals surface area contributed by atoms with Crippen LogP contribution in [-0.2, 0) is 9.53 Å². The van der Waals surface area contributed by atoms with Crippen LogP contribution in [-0.4, -0.2) is 19.1 Å². The molecule has 17 heavy (non-hydrogen) atoms. The molecule has 0 saturated heterocycles. The third-order valence-electron chi connectivity index (χ3n) is 1.89. The zero-order valence-corrected chi connectivity index (χ0v) is 10.3. The van der Waals surface area contributed by atoms with Gasteiger partial charge in [0.15, 0.2) is 0 Å². The van der Waals surface area contributed by atoms with Crippen LogP contribution >= 0.6 is 15.9 Å². The van der Waals surface area contributed by atoms with Crippen molar-refractivity contribution in [2.75, 3.05) is 7.11 Å². The van der Waals surface area contributed by atoms with Gasteiger partial charge in [0, 0.05) is 16.1 Å². The molecule has 0 saturated carbocycles. The normalized spacial score (nSPS) is 12.4. The summed E-state index contributed by atoms with van der Waals surface area (Å²) in [5.41, 5.74) is 0.397. The smallest absolute Gasteiger partial charge is 0.454 e. The second kappa shape index (κ2) is 5.35. The Hall–Kier alpha value is -1.30. The van der Waals surface area contributed by atoms with Crippen molar-refractivity contribution in [3.05, 3.63) is 40.4 Å². The van der Waals surface area contributed by atoms with Crippen LogP contribution in [0.4, 0.5) is 13.2 Å². The van der Waals surface area contributed by atoms with Crippen molar-refractivity contribution in [1.29, 1.82) is 0 Å². The van der Waals surface area contributed by atoms with Crippen molar-refractivity contribution in [2.24, 2.45) is 0 Å². The lowest BCUT2D eigenvalue weighted by atomic mass is 10.1. The Morgan fingerprint density at radius 3 is 2.24 bits per heavy atom. The van der Waals surface area contributed by atoms with Crippen molar-refractivity contribution >= 4 is 27.5 Å². The zero-order chi connectivity index (χ0) is 13.1. The summed E-state index contributed by atoms with van der Waals surface area (Å²) in [7, 11) is 1.21. The molecule has 92 valence electrons. The molecule has 0 spiro atoms. The molecule has 0 radical (unpaired) electrons. The molecule has 0 bridgehead atoms. The third kappa shape index (κ3) is 3.89. The predicted molar refractivity (Wildman–Crippen MR) is 60.2 cm³/mol. The fourth-order valence-corrected chi connectivity index (χ4v) is 1.34. The Kier molecular flexibility index (Phi) is 4.34. The molecule has 0 unspecified atom stereocenters. The van der Waals surface area contributed by atoms with E-state index < -0.39 is 12.0 Å². The lowest BCUT2D eigenvalue weighted by Crippen LogP contribution is -2.20. The van der Waals surface area contributed by atoms with Gasteiger partial charge in [0.1, 0.15) is 5.76 Å². The van der Waals surface area contributed by atoms with E-state index >= 15 is 0 Å². The zero-order valence-electron chi connectivity index (χ0n) is 8.72. The maximum atomic E-state index is 12.1. The van der Waals surface area contributed by atoms with Gasteiger partial charge < -0.3 is 4.74 Å². The molecule has 2 nitrogen and oxygen atoms in total. The van der Waals surface area contributed by atoms with E-state index in [4.69, 9.17) is 4.74 Å². The van der Waals surface area contributed by atoms with Crippen LogP contribution in [0.5, 0.6) is 0 Å². The molecule has 0 aromatic heterocycles.